The van der Waals surface area contributed by atoms with E-state index < -0.39 is 0 Å². The second-order valence-electron chi connectivity index (χ2n) is 6.98. The van der Waals surface area contributed by atoms with Gasteiger partial charge in [-0.2, -0.15) is 0 Å². The number of benzene rings is 1. The van der Waals surface area contributed by atoms with Gasteiger partial charge in [0, 0.05) is 50.2 Å². The summed E-state index contributed by atoms with van der Waals surface area (Å²) in [6.07, 6.45) is 0.789. The molecule has 0 amide bonds. The predicted octanol–water partition coefficient (Wildman–Crippen LogP) is 2.84. The summed E-state index contributed by atoms with van der Waals surface area (Å²) in [5.41, 5.74) is 1.13. The highest BCUT2D eigenvalue weighted by molar-refractivity contribution is 7.09. The minimum Gasteiger partial charge on any atom is -0.493 e. The van der Waals surface area contributed by atoms with Crippen LogP contribution in [-0.2, 0) is 13.1 Å². The van der Waals surface area contributed by atoms with Gasteiger partial charge in [-0.25, -0.2) is 0 Å². The molecule has 28 heavy (non-hydrogen) atoms. The van der Waals surface area contributed by atoms with Crippen molar-refractivity contribution in [1.82, 2.24) is 9.80 Å². The molecule has 0 radical (unpaired) electrons. The van der Waals surface area contributed by atoms with Gasteiger partial charge in [0.05, 0.1) is 21.3 Å². The van der Waals surface area contributed by atoms with Crippen molar-refractivity contribution in [3.63, 3.8) is 0 Å². The molecule has 1 aromatic carbocycles. The Morgan fingerprint density at radius 3 is 2.39 bits per heavy atom. The summed E-state index contributed by atoms with van der Waals surface area (Å²) in [5.74, 6) is 1.98. The first-order chi connectivity index (χ1) is 13.7. The van der Waals surface area contributed by atoms with Gasteiger partial charge in [0.25, 0.3) is 0 Å². The lowest BCUT2D eigenvalue weighted by Crippen LogP contribution is -2.52. The maximum Gasteiger partial charge on any atom is 0.203 e. The van der Waals surface area contributed by atoms with Gasteiger partial charge in [0.2, 0.25) is 5.75 Å². The molecule has 0 saturated carbocycles. The van der Waals surface area contributed by atoms with E-state index in [9.17, 15) is 5.11 Å². The van der Waals surface area contributed by atoms with Crippen LogP contribution < -0.4 is 14.2 Å². The van der Waals surface area contributed by atoms with Crippen molar-refractivity contribution in [2.24, 2.45) is 0 Å². The minimum absolute atomic E-state index is 0.212. The van der Waals surface area contributed by atoms with E-state index in [1.807, 2.05) is 12.1 Å². The number of nitrogens with zero attached hydrogens (tertiary/aromatic N) is 2. The average molecular weight is 407 g/mol. The van der Waals surface area contributed by atoms with E-state index in [4.69, 9.17) is 14.2 Å². The fraction of sp³-hybridized carbons (Fsp3) is 0.524. The van der Waals surface area contributed by atoms with Gasteiger partial charge in [-0.3, -0.25) is 9.80 Å². The summed E-state index contributed by atoms with van der Waals surface area (Å²) in [7, 11) is 4.90. The zero-order chi connectivity index (χ0) is 19.9. The van der Waals surface area contributed by atoms with E-state index in [0.29, 0.717) is 23.3 Å². The largest absolute Gasteiger partial charge is 0.493 e. The van der Waals surface area contributed by atoms with Crippen LogP contribution in [0.25, 0.3) is 0 Å². The maximum atomic E-state index is 9.54. The number of thiophene rings is 1. The van der Waals surface area contributed by atoms with Crippen LogP contribution in [0.1, 0.15) is 16.9 Å². The molecule has 1 aromatic heterocycles. The Labute approximate surface area is 171 Å². The zero-order valence-electron chi connectivity index (χ0n) is 16.9. The maximum absolute atomic E-state index is 9.54. The summed E-state index contributed by atoms with van der Waals surface area (Å²) < 4.78 is 16.4. The predicted molar refractivity (Wildman–Crippen MR) is 112 cm³/mol. The summed E-state index contributed by atoms with van der Waals surface area (Å²) in [5, 5.41) is 11.7. The molecule has 0 aliphatic carbocycles. The van der Waals surface area contributed by atoms with E-state index >= 15 is 0 Å². The molecule has 1 saturated heterocycles. The Hall–Kier alpha value is -1.80. The first kappa shape index (κ1) is 20.9. The SMILES string of the molecule is COc1cc(CN2CCN(Cc3cccs3)[C@H](CCO)C2)cc(OC)c1OC. The van der Waals surface area contributed by atoms with Crippen LogP contribution in [0.3, 0.4) is 0 Å². The second-order valence-corrected chi connectivity index (χ2v) is 8.02. The van der Waals surface area contributed by atoms with E-state index in [1.54, 1.807) is 32.7 Å². The smallest absolute Gasteiger partial charge is 0.203 e. The van der Waals surface area contributed by atoms with Crippen LogP contribution >= 0.6 is 11.3 Å². The lowest BCUT2D eigenvalue weighted by Gasteiger charge is -2.41. The van der Waals surface area contributed by atoms with E-state index in [1.165, 1.54) is 4.88 Å². The van der Waals surface area contributed by atoms with Crippen LogP contribution in [0.4, 0.5) is 0 Å². The summed E-state index contributed by atoms with van der Waals surface area (Å²) in [4.78, 5) is 6.31. The van der Waals surface area contributed by atoms with Crippen molar-refractivity contribution in [3.8, 4) is 17.2 Å². The number of methoxy groups -OCH3 is 3. The fourth-order valence-electron chi connectivity index (χ4n) is 3.82. The van der Waals surface area contributed by atoms with Crippen LogP contribution in [0, 0.1) is 0 Å². The zero-order valence-corrected chi connectivity index (χ0v) is 17.7. The van der Waals surface area contributed by atoms with Gasteiger partial charge in [-0.15, -0.1) is 11.3 Å². The van der Waals surface area contributed by atoms with Gasteiger partial charge in [-0.1, -0.05) is 6.07 Å². The van der Waals surface area contributed by atoms with Gasteiger partial charge >= 0.3 is 0 Å². The van der Waals surface area contributed by atoms with Crippen LogP contribution in [-0.4, -0.2) is 68.5 Å². The molecule has 1 aliphatic heterocycles. The third-order valence-electron chi connectivity index (χ3n) is 5.22. The standard InChI is InChI=1S/C21H30N2O4S/c1-25-19-11-16(12-20(26-2)21(19)27-3)13-22-7-8-23(17(14-22)6-9-24)15-18-5-4-10-28-18/h4-5,10-12,17,24H,6-9,13-15H2,1-3H3/t17-/m1/s1. The summed E-state index contributed by atoms with van der Waals surface area (Å²) >= 11 is 1.79. The Bertz CT molecular complexity index is 713. The molecule has 154 valence electrons. The van der Waals surface area contributed by atoms with Crippen molar-refractivity contribution in [2.45, 2.75) is 25.6 Å². The molecule has 2 heterocycles. The Kier molecular flexibility index (Phi) is 7.56. The lowest BCUT2D eigenvalue weighted by atomic mass is 10.1. The number of aliphatic hydroxyl groups is 1. The molecule has 7 heteroatoms. The topological polar surface area (TPSA) is 54.4 Å². The minimum atomic E-state index is 0.212. The van der Waals surface area contributed by atoms with E-state index in [-0.39, 0.29) is 6.61 Å². The van der Waals surface area contributed by atoms with Crippen molar-refractivity contribution in [3.05, 3.63) is 40.1 Å². The third-order valence-corrected chi connectivity index (χ3v) is 6.08. The molecule has 1 aliphatic rings. The molecule has 0 unspecified atom stereocenters. The highest BCUT2D eigenvalue weighted by Crippen LogP contribution is 2.38. The van der Waals surface area contributed by atoms with Gasteiger partial charge < -0.3 is 19.3 Å². The second kappa shape index (κ2) is 10.1. The summed E-state index contributed by atoms with van der Waals surface area (Å²) in [6, 6.07) is 8.66. The van der Waals surface area contributed by atoms with Gasteiger partial charge in [-0.05, 0) is 35.6 Å². The van der Waals surface area contributed by atoms with Gasteiger partial charge in [0.15, 0.2) is 11.5 Å². The number of piperazine rings is 1. The highest BCUT2D eigenvalue weighted by atomic mass is 32.1. The molecule has 1 atom stereocenters. The first-order valence-corrected chi connectivity index (χ1v) is 10.4. The molecule has 1 N–H and O–H groups in total. The molecular formula is C21H30N2O4S. The lowest BCUT2D eigenvalue weighted by molar-refractivity contribution is 0.0506. The van der Waals surface area contributed by atoms with Crippen molar-refractivity contribution < 1.29 is 19.3 Å². The normalized spacial score (nSPS) is 18.2. The molecule has 1 fully saturated rings. The van der Waals surface area contributed by atoms with Crippen LogP contribution in [0.2, 0.25) is 0 Å². The Morgan fingerprint density at radius 1 is 1.07 bits per heavy atom. The number of aliphatic hydroxyl groups excluding tert-OH is 1. The molecular weight excluding hydrogens is 376 g/mol. The van der Waals surface area contributed by atoms with E-state index in [0.717, 1.165) is 44.7 Å². The van der Waals surface area contributed by atoms with Crippen molar-refractivity contribution in [1.29, 1.82) is 0 Å². The number of ether oxygens (including phenoxy) is 3. The molecule has 2 aromatic rings. The van der Waals surface area contributed by atoms with Crippen molar-refractivity contribution >= 4 is 11.3 Å². The van der Waals surface area contributed by atoms with Gasteiger partial charge in [0.1, 0.15) is 0 Å². The molecule has 3 rings (SSSR count). The number of hydrogen-bond acceptors (Lipinski definition) is 7. The molecule has 6 nitrogen and oxygen atoms in total. The average Bonchev–Trinajstić information content (AvgIpc) is 3.22. The van der Waals surface area contributed by atoms with Crippen molar-refractivity contribution in [2.75, 3.05) is 47.6 Å². The molecule has 0 spiro atoms. The monoisotopic (exact) mass is 406 g/mol. The quantitative estimate of drug-likeness (QED) is 0.691. The fourth-order valence-corrected chi connectivity index (χ4v) is 4.55. The molecule has 0 bridgehead atoms. The van der Waals surface area contributed by atoms with Crippen LogP contribution in [0.5, 0.6) is 17.2 Å². The van der Waals surface area contributed by atoms with E-state index in [2.05, 4.69) is 27.3 Å². The highest BCUT2D eigenvalue weighted by Gasteiger charge is 2.27. The number of hydrogen-bond donors (Lipinski definition) is 1. The number of rotatable bonds is 9. The summed E-state index contributed by atoms with van der Waals surface area (Å²) in [6.45, 7) is 4.90. The third kappa shape index (κ3) is 4.97. The van der Waals surface area contributed by atoms with Crippen LogP contribution in [0.15, 0.2) is 29.6 Å². The Morgan fingerprint density at radius 2 is 1.82 bits per heavy atom. The Balaban J connectivity index is 1.69. The first-order valence-electron chi connectivity index (χ1n) is 9.57.